The summed E-state index contributed by atoms with van der Waals surface area (Å²) in [6.07, 6.45) is 3.55. The second-order valence-corrected chi connectivity index (χ2v) is 6.24. The molecule has 0 aromatic heterocycles. The highest BCUT2D eigenvalue weighted by Crippen LogP contribution is 2.32. The zero-order chi connectivity index (χ0) is 14.9. The lowest BCUT2D eigenvalue weighted by Crippen LogP contribution is -2.54. The topological polar surface area (TPSA) is 49.6 Å². The van der Waals surface area contributed by atoms with Crippen LogP contribution in [0, 0.1) is 5.82 Å². The predicted molar refractivity (Wildman–Crippen MR) is 80.6 cm³/mol. The first-order chi connectivity index (χ1) is 10.1. The number of hydrogen-bond donors (Lipinski definition) is 1. The summed E-state index contributed by atoms with van der Waals surface area (Å²) in [5.41, 5.74) is 6.92. The van der Waals surface area contributed by atoms with Crippen molar-refractivity contribution in [1.29, 1.82) is 0 Å². The summed E-state index contributed by atoms with van der Waals surface area (Å²) in [4.78, 5) is 16.4. The molecule has 1 heterocycles. The molecule has 21 heavy (non-hydrogen) atoms. The molecule has 5 heteroatoms. The van der Waals surface area contributed by atoms with Crippen molar-refractivity contribution in [2.75, 3.05) is 31.1 Å². The van der Waals surface area contributed by atoms with Crippen molar-refractivity contribution in [1.82, 2.24) is 4.90 Å². The maximum atomic E-state index is 12.9. The van der Waals surface area contributed by atoms with Crippen LogP contribution < -0.4 is 10.6 Å². The van der Waals surface area contributed by atoms with Gasteiger partial charge in [-0.2, -0.15) is 0 Å². The van der Waals surface area contributed by atoms with E-state index in [1.807, 2.05) is 4.90 Å². The molecule has 0 atom stereocenters. The van der Waals surface area contributed by atoms with Gasteiger partial charge in [0.1, 0.15) is 5.82 Å². The number of amides is 1. The molecule has 0 bridgehead atoms. The fourth-order valence-corrected chi connectivity index (χ4v) is 3.09. The minimum Gasteiger partial charge on any atom is -0.368 e. The van der Waals surface area contributed by atoms with Crippen LogP contribution in [-0.2, 0) is 4.79 Å². The van der Waals surface area contributed by atoms with Crippen LogP contribution in [-0.4, -0.2) is 42.5 Å². The van der Waals surface area contributed by atoms with Crippen molar-refractivity contribution in [3.63, 3.8) is 0 Å². The molecule has 1 aliphatic carbocycles. The van der Waals surface area contributed by atoms with Crippen LogP contribution in [0.15, 0.2) is 24.3 Å². The molecule has 1 saturated carbocycles. The van der Waals surface area contributed by atoms with Crippen LogP contribution in [0.5, 0.6) is 0 Å². The van der Waals surface area contributed by atoms with Gasteiger partial charge < -0.3 is 15.5 Å². The molecule has 3 rings (SSSR count). The van der Waals surface area contributed by atoms with Gasteiger partial charge in [-0.25, -0.2) is 4.39 Å². The summed E-state index contributed by atoms with van der Waals surface area (Å²) < 4.78 is 12.9. The van der Waals surface area contributed by atoms with E-state index in [-0.39, 0.29) is 17.3 Å². The molecule has 0 unspecified atom stereocenters. The summed E-state index contributed by atoms with van der Waals surface area (Å²) in [6, 6.07) is 6.52. The summed E-state index contributed by atoms with van der Waals surface area (Å²) in [5.74, 6) is -0.0442. The monoisotopic (exact) mass is 291 g/mol. The van der Waals surface area contributed by atoms with Crippen LogP contribution in [0.3, 0.4) is 0 Å². The minimum absolute atomic E-state index is 0.177. The van der Waals surface area contributed by atoms with Crippen molar-refractivity contribution >= 4 is 11.6 Å². The van der Waals surface area contributed by atoms with E-state index in [2.05, 4.69) is 4.90 Å². The molecule has 2 N–H and O–H groups in total. The Bertz CT molecular complexity index is 505. The number of anilines is 1. The zero-order valence-corrected chi connectivity index (χ0v) is 12.2. The Labute approximate surface area is 124 Å². The van der Waals surface area contributed by atoms with Crippen LogP contribution in [0.25, 0.3) is 0 Å². The number of nitrogens with two attached hydrogens (primary N) is 1. The van der Waals surface area contributed by atoms with E-state index in [1.165, 1.54) is 12.1 Å². The lowest BCUT2D eigenvalue weighted by Gasteiger charge is -2.41. The minimum atomic E-state index is -0.245. The number of rotatable bonds is 3. The Balaban J connectivity index is 1.52. The molecule has 1 aromatic rings. The van der Waals surface area contributed by atoms with E-state index >= 15 is 0 Å². The van der Waals surface area contributed by atoms with Crippen LogP contribution in [0.4, 0.5) is 10.1 Å². The number of hydrogen-bond acceptors (Lipinski definition) is 3. The van der Waals surface area contributed by atoms with Gasteiger partial charge in [-0.15, -0.1) is 0 Å². The SMILES string of the molecule is NC1(CC(=O)N2CCN(c3ccc(F)cc3)CC2)CCC1. The van der Waals surface area contributed by atoms with Gasteiger partial charge in [0.25, 0.3) is 0 Å². The maximum absolute atomic E-state index is 12.9. The lowest BCUT2D eigenvalue weighted by molar-refractivity contribution is -0.133. The van der Waals surface area contributed by atoms with Gasteiger partial charge in [0.05, 0.1) is 0 Å². The molecule has 1 amide bonds. The highest BCUT2D eigenvalue weighted by molar-refractivity contribution is 5.78. The lowest BCUT2D eigenvalue weighted by atomic mass is 9.75. The van der Waals surface area contributed by atoms with Gasteiger partial charge in [0, 0.05) is 43.8 Å². The molecule has 2 fully saturated rings. The molecule has 2 aliphatic rings. The van der Waals surface area contributed by atoms with Gasteiger partial charge in [0.2, 0.25) is 5.91 Å². The molecule has 1 aromatic carbocycles. The Hall–Kier alpha value is -1.62. The summed E-state index contributed by atoms with van der Waals surface area (Å²) in [5, 5.41) is 0. The van der Waals surface area contributed by atoms with Crippen molar-refractivity contribution in [3.05, 3.63) is 30.1 Å². The molecule has 0 spiro atoms. The third-order valence-corrected chi connectivity index (χ3v) is 4.68. The van der Waals surface area contributed by atoms with Gasteiger partial charge in [-0.05, 0) is 43.5 Å². The van der Waals surface area contributed by atoms with Gasteiger partial charge in [-0.3, -0.25) is 4.79 Å². The second-order valence-electron chi connectivity index (χ2n) is 6.24. The molecular weight excluding hydrogens is 269 g/mol. The number of piperazine rings is 1. The molecule has 114 valence electrons. The normalized spacial score (nSPS) is 21.0. The molecule has 0 radical (unpaired) electrons. The van der Waals surface area contributed by atoms with E-state index in [9.17, 15) is 9.18 Å². The van der Waals surface area contributed by atoms with E-state index < -0.39 is 0 Å². The zero-order valence-electron chi connectivity index (χ0n) is 12.2. The summed E-state index contributed by atoms with van der Waals surface area (Å²) >= 11 is 0. The van der Waals surface area contributed by atoms with Crippen LogP contribution >= 0.6 is 0 Å². The Kier molecular flexibility index (Phi) is 3.85. The molecule has 1 saturated heterocycles. The Morgan fingerprint density at radius 1 is 1.14 bits per heavy atom. The smallest absolute Gasteiger partial charge is 0.224 e. The Morgan fingerprint density at radius 2 is 1.76 bits per heavy atom. The summed E-state index contributed by atoms with van der Waals surface area (Å²) in [6.45, 7) is 3.00. The number of halogens is 1. The van der Waals surface area contributed by atoms with Crippen molar-refractivity contribution in [2.45, 2.75) is 31.2 Å². The standard InChI is InChI=1S/C16H22FN3O/c17-13-2-4-14(5-3-13)19-8-10-20(11-9-19)15(21)12-16(18)6-1-7-16/h2-5H,1,6-12,18H2. The third kappa shape index (κ3) is 3.18. The average molecular weight is 291 g/mol. The summed E-state index contributed by atoms with van der Waals surface area (Å²) in [7, 11) is 0. The second kappa shape index (κ2) is 5.64. The molecular formula is C16H22FN3O. The van der Waals surface area contributed by atoms with Crippen molar-refractivity contribution in [3.8, 4) is 0 Å². The van der Waals surface area contributed by atoms with Crippen molar-refractivity contribution in [2.24, 2.45) is 5.73 Å². The quantitative estimate of drug-likeness (QED) is 0.923. The number of carbonyl (C=O) groups is 1. The maximum Gasteiger partial charge on any atom is 0.224 e. The largest absolute Gasteiger partial charge is 0.368 e. The number of benzene rings is 1. The van der Waals surface area contributed by atoms with Crippen LogP contribution in [0.1, 0.15) is 25.7 Å². The van der Waals surface area contributed by atoms with E-state index in [4.69, 9.17) is 5.73 Å². The highest BCUT2D eigenvalue weighted by Gasteiger charge is 2.36. The molecule has 4 nitrogen and oxygen atoms in total. The fraction of sp³-hybridized carbons (Fsp3) is 0.562. The van der Waals surface area contributed by atoms with E-state index in [0.29, 0.717) is 19.5 Å². The first-order valence-corrected chi connectivity index (χ1v) is 7.63. The third-order valence-electron chi connectivity index (χ3n) is 4.68. The van der Waals surface area contributed by atoms with Gasteiger partial charge >= 0.3 is 0 Å². The highest BCUT2D eigenvalue weighted by atomic mass is 19.1. The van der Waals surface area contributed by atoms with Crippen LogP contribution in [0.2, 0.25) is 0 Å². The van der Waals surface area contributed by atoms with E-state index in [1.54, 1.807) is 12.1 Å². The molecule has 1 aliphatic heterocycles. The van der Waals surface area contributed by atoms with Gasteiger partial charge in [-0.1, -0.05) is 0 Å². The van der Waals surface area contributed by atoms with Crippen molar-refractivity contribution < 1.29 is 9.18 Å². The first-order valence-electron chi connectivity index (χ1n) is 7.63. The number of carbonyl (C=O) groups excluding carboxylic acids is 1. The fourth-order valence-electron chi connectivity index (χ4n) is 3.09. The number of nitrogens with zero attached hydrogens (tertiary/aromatic N) is 2. The Morgan fingerprint density at radius 3 is 2.29 bits per heavy atom. The van der Waals surface area contributed by atoms with E-state index in [0.717, 1.165) is 38.0 Å². The van der Waals surface area contributed by atoms with Gasteiger partial charge in [0.15, 0.2) is 0 Å². The predicted octanol–water partition coefficient (Wildman–Crippen LogP) is 1.75. The average Bonchev–Trinajstić information content (AvgIpc) is 2.46. The first kappa shape index (κ1) is 14.3.